The maximum absolute atomic E-state index is 5.39. The number of aliphatic imine (C=N–C) groups is 1. The molecule has 0 spiro atoms. The Balaban J connectivity index is 0.00000392. The Morgan fingerprint density at radius 2 is 1.82 bits per heavy atom. The quantitative estimate of drug-likeness (QED) is 0.220. The summed E-state index contributed by atoms with van der Waals surface area (Å²) in [5.74, 6) is 2.50. The second-order valence-electron chi connectivity index (χ2n) is 6.70. The number of hydrogen-bond donors (Lipinski definition) is 2. The van der Waals surface area contributed by atoms with Gasteiger partial charge in [0.2, 0.25) is 0 Å². The number of nitrogens with zero attached hydrogens (tertiary/aromatic N) is 2. The van der Waals surface area contributed by atoms with E-state index >= 15 is 0 Å². The maximum atomic E-state index is 5.39. The van der Waals surface area contributed by atoms with Crippen molar-refractivity contribution in [2.75, 3.05) is 59.5 Å². The van der Waals surface area contributed by atoms with Crippen molar-refractivity contribution in [1.29, 1.82) is 0 Å². The van der Waals surface area contributed by atoms with Crippen molar-refractivity contribution in [2.24, 2.45) is 4.99 Å². The number of hydrogen-bond acceptors (Lipinski definition) is 5. The molecule has 2 rings (SSSR count). The van der Waals surface area contributed by atoms with Gasteiger partial charge in [-0.1, -0.05) is 0 Å². The van der Waals surface area contributed by atoms with E-state index in [1.165, 1.54) is 0 Å². The molecule has 28 heavy (non-hydrogen) atoms. The van der Waals surface area contributed by atoms with E-state index in [4.69, 9.17) is 14.2 Å². The van der Waals surface area contributed by atoms with Crippen LogP contribution in [0.15, 0.2) is 23.2 Å². The fourth-order valence-electron chi connectivity index (χ4n) is 3.23. The lowest BCUT2D eigenvalue weighted by Crippen LogP contribution is -2.44. The highest BCUT2D eigenvalue weighted by Gasteiger charge is 2.24. The van der Waals surface area contributed by atoms with Crippen molar-refractivity contribution >= 4 is 35.6 Å². The van der Waals surface area contributed by atoms with Crippen molar-refractivity contribution in [3.63, 3.8) is 0 Å². The van der Waals surface area contributed by atoms with Gasteiger partial charge in [0.25, 0.3) is 0 Å². The summed E-state index contributed by atoms with van der Waals surface area (Å²) in [6, 6.07) is 6.37. The van der Waals surface area contributed by atoms with Crippen LogP contribution >= 0.6 is 24.0 Å². The molecule has 8 heteroatoms. The lowest BCUT2D eigenvalue weighted by Gasteiger charge is -2.21. The van der Waals surface area contributed by atoms with Gasteiger partial charge in [-0.25, -0.2) is 0 Å². The first kappa shape index (κ1) is 24.6. The standard InChI is InChI=1S/C20H34N4O3.HI/c1-21-20(22-9-6-5-7-11-25-2)23-16-8-10-24(15-16)17-12-18(26-3)14-19(13-17)27-4;/h12-14,16H,5-11,15H2,1-4H3,(H2,21,22,23);1H. The van der Waals surface area contributed by atoms with Crippen molar-refractivity contribution < 1.29 is 14.2 Å². The minimum atomic E-state index is 0. The average molecular weight is 506 g/mol. The third-order valence-corrected chi connectivity index (χ3v) is 4.77. The third kappa shape index (κ3) is 7.90. The van der Waals surface area contributed by atoms with Crippen LogP contribution in [0.1, 0.15) is 25.7 Å². The van der Waals surface area contributed by atoms with Gasteiger partial charge < -0.3 is 29.7 Å². The topological polar surface area (TPSA) is 67.4 Å². The van der Waals surface area contributed by atoms with Gasteiger partial charge in [-0.2, -0.15) is 0 Å². The Bertz CT molecular complexity index is 579. The predicted octanol–water partition coefficient (Wildman–Crippen LogP) is 2.88. The normalized spacial score (nSPS) is 16.5. The smallest absolute Gasteiger partial charge is 0.191 e. The SMILES string of the molecule is CN=C(NCCCCCOC)NC1CCN(c2cc(OC)cc(OC)c2)C1.I. The Morgan fingerprint density at radius 1 is 1.11 bits per heavy atom. The zero-order valence-electron chi connectivity index (χ0n) is 17.5. The third-order valence-electron chi connectivity index (χ3n) is 4.77. The summed E-state index contributed by atoms with van der Waals surface area (Å²) >= 11 is 0. The summed E-state index contributed by atoms with van der Waals surface area (Å²) in [6.07, 6.45) is 4.44. The van der Waals surface area contributed by atoms with Crippen molar-refractivity contribution in [2.45, 2.75) is 31.7 Å². The number of halogens is 1. The molecule has 0 radical (unpaired) electrons. The fraction of sp³-hybridized carbons (Fsp3) is 0.650. The minimum absolute atomic E-state index is 0. The number of methoxy groups -OCH3 is 3. The number of guanidine groups is 1. The number of anilines is 1. The Hall–Kier alpha value is -1.42. The zero-order valence-corrected chi connectivity index (χ0v) is 19.8. The van der Waals surface area contributed by atoms with Crippen LogP contribution in [0.25, 0.3) is 0 Å². The zero-order chi connectivity index (χ0) is 19.5. The van der Waals surface area contributed by atoms with Crippen LogP contribution in [-0.4, -0.2) is 66.6 Å². The molecule has 0 saturated carbocycles. The van der Waals surface area contributed by atoms with E-state index in [0.29, 0.717) is 6.04 Å². The lowest BCUT2D eigenvalue weighted by molar-refractivity contribution is 0.192. The molecule has 1 unspecified atom stereocenters. The van der Waals surface area contributed by atoms with Gasteiger partial charge in [0.15, 0.2) is 5.96 Å². The summed E-state index contributed by atoms with van der Waals surface area (Å²) in [5.41, 5.74) is 1.12. The second kappa shape index (κ2) is 13.7. The van der Waals surface area contributed by atoms with Crippen molar-refractivity contribution in [3.05, 3.63) is 18.2 Å². The molecule has 2 N–H and O–H groups in total. The van der Waals surface area contributed by atoms with Crippen LogP contribution in [0.3, 0.4) is 0 Å². The first-order chi connectivity index (χ1) is 13.2. The molecule has 0 aromatic heterocycles. The van der Waals surface area contributed by atoms with E-state index in [0.717, 1.165) is 75.1 Å². The van der Waals surface area contributed by atoms with Crippen molar-refractivity contribution in [1.82, 2.24) is 10.6 Å². The van der Waals surface area contributed by atoms with Crippen LogP contribution in [-0.2, 0) is 4.74 Å². The second-order valence-corrected chi connectivity index (χ2v) is 6.70. The molecule has 1 heterocycles. The first-order valence-corrected chi connectivity index (χ1v) is 9.64. The van der Waals surface area contributed by atoms with Gasteiger partial charge in [0.1, 0.15) is 11.5 Å². The van der Waals surface area contributed by atoms with E-state index < -0.39 is 0 Å². The molecule has 7 nitrogen and oxygen atoms in total. The number of ether oxygens (including phenoxy) is 3. The summed E-state index contributed by atoms with van der Waals surface area (Å²) in [7, 11) is 6.92. The molecular weight excluding hydrogens is 471 g/mol. The van der Waals surface area contributed by atoms with E-state index in [1.807, 2.05) is 13.1 Å². The molecule has 0 amide bonds. The summed E-state index contributed by atoms with van der Waals surface area (Å²) in [5, 5.41) is 6.94. The molecule has 0 aliphatic carbocycles. The number of rotatable bonds is 10. The highest BCUT2D eigenvalue weighted by atomic mass is 127. The highest BCUT2D eigenvalue weighted by Crippen LogP contribution is 2.30. The summed E-state index contributed by atoms with van der Waals surface area (Å²) in [4.78, 5) is 6.70. The van der Waals surface area contributed by atoms with Crippen LogP contribution in [0.2, 0.25) is 0 Å². The van der Waals surface area contributed by atoms with Gasteiger partial charge in [-0.3, -0.25) is 4.99 Å². The number of unbranched alkanes of at least 4 members (excludes halogenated alkanes) is 2. The van der Waals surface area contributed by atoms with E-state index in [1.54, 1.807) is 21.3 Å². The largest absolute Gasteiger partial charge is 0.497 e. The van der Waals surface area contributed by atoms with Gasteiger partial charge in [0.05, 0.1) is 14.2 Å². The molecule has 160 valence electrons. The molecule has 1 aromatic rings. The molecule has 1 aromatic carbocycles. The molecule has 1 aliphatic rings. The average Bonchev–Trinajstić information content (AvgIpc) is 3.17. The highest BCUT2D eigenvalue weighted by molar-refractivity contribution is 14.0. The Kier molecular flexibility index (Phi) is 12.1. The predicted molar refractivity (Wildman–Crippen MR) is 126 cm³/mol. The van der Waals surface area contributed by atoms with Gasteiger partial charge in [0, 0.05) is 70.3 Å². The molecule has 1 aliphatic heterocycles. The minimum Gasteiger partial charge on any atom is -0.497 e. The first-order valence-electron chi connectivity index (χ1n) is 9.64. The number of nitrogens with one attached hydrogen (secondary N) is 2. The summed E-state index contributed by atoms with van der Waals surface area (Å²) < 4.78 is 15.8. The van der Waals surface area contributed by atoms with Crippen LogP contribution in [0.4, 0.5) is 5.69 Å². The lowest BCUT2D eigenvalue weighted by atomic mass is 10.2. The van der Waals surface area contributed by atoms with Gasteiger partial charge >= 0.3 is 0 Å². The summed E-state index contributed by atoms with van der Waals surface area (Å²) in [6.45, 7) is 3.67. The molecule has 1 saturated heterocycles. The van der Waals surface area contributed by atoms with Gasteiger partial charge in [-0.15, -0.1) is 24.0 Å². The monoisotopic (exact) mass is 506 g/mol. The Labute approximate surface area is 186 Å². The fourth-order valence-corrected chi connectivity index (χ4v) is 3.23. The van der Waals surface area contributed by atoms with Crippen LogP contribution in [0, 0.1) is 0 Å². The Morgan fingerprint density at radius 3 is 2.43 bits per heavy atom. The number of benzene rings is 1. The van der Waals surface area contributed by atoms with Crippen LogP contribution in [0.5, 0.6) is 11.5 Å². The molecule has 1 atom stereocenters. The van der Waals surface area contributed by atoms with Crippen LogP contribution < -0.4 is 25.0 Å². The molecule has 0 bridgehead atoms. The van der Waals surface area contributed by atoms with E-state index in [2.05, 4.69) is 32.7 Å². The maximum Gasteiger partial charge on any atom is 0.191 e. The molecular formula is C20H35IN4O3. The van der Waals surface area contributed by atoms with E-state index in [-0.39, 0.29) is 24.0 Å². The molecule has 1 fully saturated rings. The van der Waals surface area contributed by atoms with E-state index in [9.17, 15) is 0 Å². The van der Waals surface area contributed by atoms with Crippen molar-refractivity contribution in [3.8, 4) is 11.5 Å². The van der Waals surface area contributed by atoms with Gasteiger partial charge in [-0.05, 0) is 25.7 Å².